The van der Waals surface area contributed by atoms with Crippen LogP contribution in [-0.4, -0.2) is 7.11 Å². The van der Waals surface area contributed by atoms with Gasteiger partial charge in [-0.25, -0.2) is 4.39 Å². The van der Waals surface area contributed by atoms with Crippen molar-refractivity contribution in [1.82, 2.24) is 0 Å². The average molecular weight is 310 g/mol. The Bertz CT molecular complexity index is 632. The molecule has 0 bridgehead atoms. The van der Waals surface area contributed by atoms with Crippen molar-refractivity contribution >= 4 is 11.6 Å². The van der Waals surface area contributed by atoms with Crippen molar-refractivity contribution < 1.29 is 13.9 Å². The van der Waals surface area contributed by atoms with Crippen LogP contribution in [0.1, 0.15) is 24.1 Å². The van der Waals surface area contributed by atoms with Crippen LogP contribution in [0, 0.1) is 5.82 Å². The van der Waals surface area contributed by atoms with E-state index in [1.165, 1.54) is 12.1 Å². The molecule has 0 aromatic heterocycles. The van der Waals surface area contributed by atoms with Crippen LogP contribution in [0.15, 0.2) is 36.4 Å². The van der Waals surface area contributed by atoms with Crippen molar-refractivity contribution in [3.63, 3.8) is 0 Å². The predicted molar refractivity (Wildman–Crippen MR) is 81.3 cm³/mol. The van der Waals surface area contributed by atoms with E-state index in [0.29, 0.717) is 22.1 Å². The van der Waals surface area contributed by atoms with Crippen molar-refractivity contribution in [3.8, 4) is 11.5 Å². The van der Waals surface area contributed by atoms with Gasteiger partial charge in [-0.15, -0.1) is 0 Å². The Hall–Kier alpha value is -1.78. The van der Waals surface area contributed by atoms with Gasteiger partial charge in [-0.2, -0.15) is 0 Å². The first-order valence-corrected chi connectivity index (χ1v) is 6.89. The summed E-state index contributed by atoms with van der Waals surface area (Å²) in [6.45, 7) is 2.10. The maximum Gasteiger partial charge on any atom is 0.128 e. The Kier molecular flexibility index (Phi) is 5.04. The summed E-state index contributed by atoms with van der Waals surface area (Å²) < 4.78 is 24.0. The summed E-state index contributed by atoms with van der Waals surface area (Å²) in [5.41, 5.74) is 7.50. The lowest BCUT2D eigenvalue weighted by Gasteiger charge is -2.15. The highest BCUT2D eigenvalue weighted by atomic mass is 35.5. The zero-order valence-electron chi connectivity index (χ0n) is 11.9. The van der Waals surface area contributed by atoms with E-state index < -0.39 is 0 Å². The number of nitrogens with two attached hydrogens (primary N) is 1. The van der Waals surface area contributed by atoms with E-state index in [9.17, 15) is 4.39 Å². The third kappa shape index (κ3) is 3.86. The molecule has 21 heavy (non-hydrogen) atoms. The molecule has 0 radical (unpaired) electrons. The van der Waals surface area contributed by atoms with Crippen molar-refractivity contribution in [2.45, 2.75) is 19.6 Å². The van der Waals surface area contributed by atoms with Gasteiger partial charge in [-0.3, -0.25) is 0 Å². The van der Waals surface area contributed by atoms with Crippen molar-refractivity contribution in [2.24, 2.45) is 5.73 Å². The van der Waals surface area contributed by atoms with E-state index in [1.54, 1.807) is 19.2 Å². The number of hydrogen-bond acceptors (Lipinski definition) is 3. The van der Waals surface area contributed by atoms with Crippen molar-refractivity contribution in [2.75, 3.05) is 7.11 Å². The Balaban J connectivity index is 2.22. The van der Waals surface area contributed by atoms with Gasteiger partial charge in [0.1, 0.15) is 23.9 Å². The first-order valence-electron chi connectivity index (χ1n) is 6.51. The summed E-state index contributed by atoms with van der Waals surface area (Å²) >= 11 is 5.99. The van der Waals surface area contributed by atoms with E-state index in [1.807, 2.05) is 19.1 Å². The Labute approximate surface area is 128 Å². The number of rotatable bonds is 5. The summed E-state index contributed by atoms with van der Waals surface area (Å²) in [5, 5.41) is 0.334. The highest BCUT2D eigenvalue weighted by Crippen LogP contribution is 2.30. The molecule has 0 unspecified atom stereocenters. The average Bonchev–Trinajstić information content (AvgIpc) is 2.45. The largest absolute Gasteiger partial charge is 0.497 e. The molecule has 2 rings (SSSR count). The van der Waals surface area contributed by atoms with Gasteiger partial charge in [-0.1, -0.05) is 23.7 Å². The second-order valence-corrected chi connectivity index (χ2v) is 5.12. The molecule has 0 heterocycles. The summed E-state index contributed by atoms with van der Waals surface area (Å²) in [6, 6.07) is 9.51. The zero-order valence-corrected chi connectivity index (χ0v) is 12.7. The number of ether oxygens (including phenoxy) is 2. The molecule has 0 fully saturated rings. The summed E-state index contributed by atoms with van der Waals surface area (Å²) in [4.78, 5) is 0. The highest BCUT2D eigenvalue weighted by molar-refractivity contribution is 6.31. The molecule has 2 aromatic rings. The van der Waals surface area contributed by atoms with Crippen LogP contribution < -0.4 is 15.2 Å². The van der Waals surface area contributed by atoms with Crippen molar-refractivity contribution in [3.05, 3.63) is 58.4 Å². The first-order chi connectivity index (χ1) is 10.0. The molecule has 0 spiro atoms. The molecular weight excluding hydrogens is 293 g/mol. The molecule has 0 aliphatic heterocycles. The molecule has 0 aliphatic carbocycles. The van der Waals surface area contributed by atoms with Crippen LogP contribution in [-0.2, 0) is 6.61 Å². The Morgan fingerprint density at radius 1 is 1.24 bits per heavy atom. The van der Waals surface area contributed by atoms with Gasteiger partial charge in [0.25, 0.3) is 0 Å². The summed E-state index contributed by atoms with van der Waals surface area (Å²) in [6.07, 6.45) is 0. The normalized spacial score (nSPS) is 12.0. The number of hydrogen-bond donors (Lipinski definition) is 1. The molecule has 0 aliphatic rings. The van der Waals surface area contributed by atoms with Gasteiger partial charge < -0.3 is 15.2 Å². The molecule has 3 nitrogen and oxygen atoms in total. The lowest BCUT2D eigenvalue weighted by Crippen LogP contribution is -2.08. The van der Waals surface area contributed by atoms with Crippen LogP contribution in [0.3, 0.4) is 0 Å². The predicted octanol–water partition coefficient (Wildman–Crippen LogP) is 4.09. The molecule has 0 amide bonds. The fourth-order valence-corrected chi connectivity index (χ4v) is 2.16. The quantitative estimate of drug-likeness (QED) is 0.905. The van der Waals surface area contributed by atoms with E-state index >= 15 is 0 Å². The fraction of sp³-hybridized carbons (Fsp3) is 0.250. The highest BCUT2D eigenvalue weighted by Gasteiger charge is 2.11. The lowest BCUT2D eigenvalue weighted by molar-refractivity contribution is 0.299. The Morgan fingerprint density at radius 2 is 2.00 bits per heavy atom. The minimum absolute atomic E-state index is 0.172. The number of benzene rings is 2. The molecule has 2 aromatic carbocycles. The SMILES string of the molecule is COc1ccc([C@@H](C)N)c(OCc2ccc(F)cc2Cl)c1. The summed E-state index contributed by atoms with van der Waals surface area (Å²) in [5.74, 6) is 0.936. The molecule has 2 N–H and O–H groups in total. The number of methoxy groups -OCH3 is 1. The van der Waals surface area contributed by atoms with Gasteiger partial charge in [-0.05, 0) is 25.1 Å². The standard InChI is InChI=1S/C16H17ClFNO2/c1-10(19)14-6-5-13(20-2)8-16(14)21-9-11-3-4-12(18)7-15(11)17/h3-8,10H,9,19H2,1-2H3/t10-/m1/s1. The molecule has 0 saturated carbocycles. The second kappa shape index (κ2) is 6.78. The lowest BCUT2D eigenvalue weighted by atomic mass is 10.1. The summed E-state index contributed by atoms with van der Waals surface area (Å²) in [7, 11) is 1.58. The van der Waals surface area contributed by atoms with E-state index in [4.69, 9.17) is 26.8 Å². The monoisotopic (exact) mass is 309 g/mol. The minimum Gasteiger partial charge on any atom is -0.497 e. The van der Waals surface area contributed by atoms with E-state index in [2.05, 4.69) is 0 Å². The number of halogens is 2. The third-order valence-corrected chi connectivity index (χ3v) is 3.46. The molecule has 0 saturated heterocycles. The van der Waals surface area contributed by atoms with E-state index in [-0.39, 0.29) is 18.5 Å². The van der Waals surface area contributed by atoms with Gasteiger partial charge in [0.15, 0.2) is 0 Å². The van der Waals surface area contributed by atoms with Gasteiger partial charge in [0.05, 0.1) is 12.1 Å². The van der Waals surface area contributed by atoms with Crippen molar-refractivity contribution in [1.29, 1.82) is 0 Å². The second-order valence-electron chi connectivity index (χ2n) is 4.72. The molecular formula is C16H17ClFNO2. The van der Waals surface area contributed by atoms with Gasteiger partial charge in [0.2, 0.25) is 0 Å². The first kappa shape index (κ1) is 15.6. The van der Waals surface area contributed by atoms with Crippen LogP contribution >= 0.6 is 11.6 Å². The Morgan fingerprint density at radius 3 is 2.62 bits per heavy atom. The molecule has 112 valence electrons. The fourth-order valence-electron chi connectivity index (χ4n) is 1.94. The van der Waals surface area contributed by atoms with E-state index in [0.717, 1.165) is 5.56 Å². The van der Waals surface area contributed by atoms with Crippen LogP contribution in [0.4, 0.5) is 4.39 Å². The maximum atomic E-state index is 13.0. The topological polar surface area (TPSA) is 44.5 Å². The van der Waals surface area contributed by atoms with Crippen LogP contribution in [0.25, 0.3) is 0 Å². The third-order valence-electron chi connectivity index (χ3n) is 3.11. The molecule has 5 heteroatoms. The smallest absolute Gasteiger partial charge is 0.128 e. The molecule has 1 atom stereocenters. The zero-order chi connectivity index (χ0) is 15.4. The van der Waals surface area contributed by atoms with Crippen LogP contribution in [0.5, 0.6) is 11.5 Å². The van der Waals surface area contributed by atoms with Gasteiger partial charge in [0, 0.05) is 23.2 Å². The maximum absolute atomic E-state index is 13.0. The minimum atomic E-state index is -0.374. The van der Waals surface area contributed by atoms with Gasteiger partial charge >= 0.3 is 0 Å². The van der Waals surface area contributed by atoms with Crippen LogP contribution in [0.2, 0.25) is 5.02 Å².